The first-order chi connectivity index (χ1) is 10.7. The molecule has 0 atom stereocenters. The molecule has 118 valence electrons. The SMILES string of the molecule is NC(=O)CNCCNC(=O)CCCc1c[nH]c2ccccc12. The van der Waals surface area contributed by atoms with Crippen molar-refractivity contribution in [2.75, 3.05) is 19.6 Å². The van der Waals surface area contributed by atoms with E-state index in [0.29, 0.717) is 19.5 Å². The standard InChI is InChI=1S/C16H22N4O2/c17-15(21)11-18-8-9-19-16(22)7-3-4-12-10-20-14-6-2-1-5-13(12)14/h1-2,5-6,10,18,20H,3-4,7-9,11H2,(H2,17,21)(H,19,22). The number of rotatable bonds is 9. The van der Waals surface area contributed by atoms with E-state index in [0.717, 1.165) is 18.4 Å². The number of H-pyrrole nitrogens is 1. The summed E-state index contributed by atoms with van der Waals surface area (Å²) in [7, 11) is 0. The monoisotopic (exact) mass is 302 g/mol. The third kappa shape index (κ3) is 4.89. The molecule has 1 aromatic carbocycles. The molecule has 0 unspecified atom stereocenters. The molecule has 6 heteroatoms. The van der Waals surface area contributed by atoms with Gasteiger partial charge in [0.2, 0.25) is 11.8 Å². The van der Waals surface area contributed by atoms with Gasteiger partial charge < -0.3 is 21.4 Å². The largest absolute Gasteiger partial charge is 0.369 e. The van der Waals surface area contributed by atoms with Crippen LogP contribution in [-0.4, -0.2) is 36.4 Å². The molecule has 5 N–H and O–H groups in total. The summed E-state index contributed by atoms with van der Waals surface area (Å²) in [4.78, 5) is 25.4. The average molecular weight is 302 g/mol. The summed E-state index contributed by atoms with van der Waals surface area (Å²) in [6, 6.07) is 8.16. The van der Waals surface area contributed by atoms with Crippen LogP contribution in [0.1, 0.15) is 18.4 Å². The highest BCUT2D eigenvalue weighted by atomic mass is 16.2. The lowest BCUT2D eigenvalue weighted by atomic mass is 10.1. The number of nitrogens with two attached hydrogens (primary N) is 1. The topological polar surface area (TPSA) is 100 Å². The van der Waals surface area contributed by atoms with Crippen molar-refractivity contribution in [2.24, 2.45) is 5.73 Å². The Hall–Kier alpha value is -2.34. The van der Waals surface area contributed by atoms with E-state index >= 15 is 0 Å². The van der Waals surface area contributed by atoms with Crippen LogP contribution in [-0.2, 0) is 16.0 Å². The normalized spacial score (nSPS) is 10.7. The maximum Gasteiger partial charge on any atom is 0.231 e. The van der Waals surface area contributed by atoms with Crippen LogP contribution in [0.2, 0.25) is 0 Å². The molecular formula is C16H22N4O2. The predicted octanol–water partition coefficient (Wildman–Crippen LogP) is 0.682. The number of primary amides is 1. The van der Waals surface area contributed by atoms with Gasteiger partial charge >= 0.3 is 0 Å². The van der Waals surface area contributed by atoms with Crippen LogP contribution in [0, 0.1) is 0 Å². The number of amides is 2. The zero-order valence-electron chi connectivity index (χ0n) is 12.5. The zero-order valence-corrected chi connectivity index (χ0v) is 12.5. The fraction of sp³-hybridized carbons (Fsp3) is 0.375. The summed E-state index contributed by atoms with van der Waals surface area (Å²) in [5.41, 5.74) is 7.36. The van der Waals surface area contributed by atoms with Gasteiger partial charge in [-0.05, 0) is 24.5 Å². The molecule has 0 saturated carbocycles. The van der Waals surface area contributed by atoms with Crippen LogP contribution in [0.15, 0.2) is 30.5 Å². The van der Waals surface area contributed by atoms with E-state index in [9.17, 15) is 9.59 Å². The lowest BCUT2D eigenvalue weighted by Crippen LogP contribution is -2.35. The van der Waals surface area contributed by atoms with E-state index in [4.69, 9.17) is 5.73 Å². The van der Waals surface area contributed by atoms with Gasteiger partial charge in [0.15, 0.2) is 0 Å². The Labute approximate surface area is 129 Å². The lowest BCUT2D eigenvalue weighted by Gasteiger charge is -2.05. The fourth-order valence-electron chi connectivity index (χ4n) is 2.37. The van der Waals surface area contributed by atoms with Crippen molar-refractivity contribution in [3.63, 3.8) is 0 Å². The van der Waals surface area contributed by atoms with Crippen molar-refractivity contribution in [1.82, 2.24) is 15.6 Å². The van der Waals surface area contributed by atoms with E-state index in [2.05, 4.69) is 21.7 Å². The van der Waals surface area contributed by atoms with Crippen molar-refractivity contribution in [1.29, 1.82) is 0 Å². The van der Waals surface area contributed by atoms with Crippen molar-refractivity contribution in [3.8, 4) is 0 Å². The quantitative estimate of drug-likeness (QED) is 0.512. The Morgan fingerprint density at radius 2 is 2.00 bits per heavy atom. The van der Waals surface area contributed by atoms with Gasteiger partial charge in [0, 0.05) is 36.6 Å². The summed E-state index contributed by atoms with van der Waals surface area (Å²) in [6.07, 6.45) is 4.19. The van der Waals surface area contributed by atoms with Gasteiger partial charge in [-0.3, -0.25) is 9.59 Å². The van der Waals surface area contributed by atoms with E-state index < -0.39 is 5.91 Å². The third-order valence-corrected chi connectivity index (χ3v) is 3.45. The molecule has 0 aliphatic carbocycles. The summed E-state index contributed by atoms with van der Waals surface area (Å²) < 4.78 is 0. The molecule has 2 amide bonds. The second kappa shape index (κ2) is 8.19. The first kappa shape index (κ1) is 16.0. The maximum absolute atomic E-state index is 11.7. The van der Waals surface area contributed by atoms with Crippen LogP contribution in [0.4, 0.5) is 0 Å². The molecule has 0 aliphatic heterocycles. The summed E-state index contributed by atoms with van der Waals surface area (Å²) in [5, 5.41) is 6.88. The van der Waals surface area contributed by atoms with Gasteiger partial charge in [-0.15, -0.1) is 0 Å². The van der Waals surface area contributed by atoms with Gasteiger partial charge in [-0.25, -0.2) is 0 Å². The molecule has 0 aliphatic rings. The Morgan fingerprint density at radius 1 is 1.18 bits per heavy atom. The number of aryl methyl sites for hydroxylation is 1. The van der Waals surface area contributed by atoms with Crippen molar-refractivity contribution < 1.29 is 9.59 Å². The highest BCUT2D eigenvalue weighted by Crippen LogP contribution is 2.19. The van der Waals surface area contributed by atoms with Crippen LogP contribution < -0.4 is 16.4 Å². The van der Waals surface area contributed by atoms with Crippen LogP contribution in [0.3, 0.4) is 0 Å². The number of nitrogens with one attached hydrogen (secondary N) is 3. The first-order valence-corrected chi connectivity index (χ1v) is 7.47. The molecule has 0 spiro atoms. The number of aromatic nitrogens is 1. The Balaban J connectivity index is 1.64. The smallest absolute Gasteiger partial charge is 0.231 e. The Morgan fingerprint density at radius 3 is 2.82 bits per heavy atom. The molecule has 0 saturated heterocycles. The van der Waals surface area contributed by atoms with Gasteiger partial charge in [-0.1, -0.05) is 18.2 Å². The molecule has 0 fully saturated rings. The van der Waals surface area contributed by atoms with Gasteiger partial charge in [0.25, 0.3) is 0 Å². The number of carbonyl (C=O) groups excluding carboxylic acids is 2. The number of aromatic amines is 1. The zero-order chi connectivity index (χ0) is 15.8. The molecule has 22 heavy (non-hydrogen) atoms. The summed E-state index contributed by atoms with van der Waals surface area (Å²) >= 11 is 0. The number of hydrogen-bond donors (Lipinski definition) is 4. The van der Waals surface area contributed by atoms with Gasteiger partial charge in [-0.2, -0.15) is 0 Å². The van der Waals surface area contributed by atoms with Crippen LogP contribution >= 0.6 is 0 Å². The fourth-order valence-corrected chi connectivity index (χ4v) is 2.37. The molecule has 1 heterocycles. The Kier molecular flexibility index (Phi) is 5.97. The van der Waals surface area contributed by atoms with E-state index in [1.54, 1.807) is 0 Å². The van der Waals surface area contributed by atoms with Gasteiger partial charge in [0.05, 0.1) is 6.54 Å². The molecule has 2 rings (SSSR count). The lowest BCUT2D eigenvalue weighted by molar-refractivity contribution is -0.121. The number of hydrogen-bond acceptors (Lipinski definition) is 3. The Bertz CT molecular complexity index is 636. The molecule has 0 radical (unpaired) electrons. The van der Waals surface area contributed by atoms with Gasteiger partial charge in [0.1, 0.15) is 0 Å². The minimum atomic E-state index is -0.398. The number of benzene rings is 1. The van der Waals surface area contributed by atoms with E-state index in [1.807, 2.05) is 24.4 Å². The minimum Gasteiger partial charge on any atom is -0.369 e. The highest BCUT2D eigenvalue weighted by molar-refractivity contribution is 5.83. The van der Waals surface area contributed by atoms with Crippen LogP contribution in [0.5, 0.6) is 0 Å². The summed E-state index contributed by atoms with van der Waals surface area (Å²) in [6.45, 7) is 1.17. The van der Waals surface area contributed by atoms with E-state index in [-0.39, 0.29) is 12.5 Å². The third-order valence-electron chi connectivity index (χ3n) is 3.45. The molecule has 0 bridgehead atoms. The van der Waals surface area contributed by atoms with Crippen LogP contribution in [0.25, 0.3) is 10.9 Å². The molecule has 1 aromatic heterocycles. The predicted molar refractivity (Wildman–Crippen MR) is 86.3 cm³/mol. The molecule has 6 nitrogen and oxygen atoms in total. The van der Waals surface area contributed by atoms with E-state index in [1.165, 1.54) is 10.9 Å². The second-order valence-electron chi connectivity index (χ2n) is 5.21. The maximum atomic E-state index is 11.7. The minimum absolute atomic E-state index is 0.0284. The average Bonchev–Trinajstić information content (AvgIpc) is 2.90. The van der Waals surface area contributed by atoms with Crippen molar-refractivity contribution >= 4 is 22.7 Å². The molecular weight excluding hydrogens is 280 g/mol. The number of fused-ring (bicyclic) bond motifs is 1. The number of carbonyl (C=O) groups is 2. The first-order valence-electron chi connectivity index (χ1n) is 7.47. The highest BCUT2D eigenvalue weighted by Gasteiger charge is 2.05. The molecule has 2 aromatic rings. The number of para-hydroxylation sites is 1. The summed E-state index contributed by atoms with van der Waals surface area (Å²) in [5.74, 6) is -0.370. The van der Waals surface area contributed by atoms with Crippen molar-refractivity contribution in [2.45, 2.75) is 19.3 Å². The second-order valence-corrected chi connectivity index (χ2v) is 5.21. The van der Waals surface area contributed by atoms with Crippen molar-refractivity contribution in [3.05, 3.63) is 36.0 Å².